The van der Waals surface area contributed by atoms with Crippen molar-refractivity contribution in [3.8, 4) is 0 Å². The van der Waals surface area contributed by atoms with Crippen molar-refractivity contribution in [1.82, 2.24) is 0 Å². The first kappa shape index (κ1) is 18.4. The summed E-state index contributed by atoms with van der Waals surface area (Å²) in [6.07, 6.45) is -2.23. The molecule has 0 unspecified atom stereocenters. The van der Waals surface area contributed by atoms with Crippen LogP contribution in [0.1, 0.15) is 17.3 Å². The van der Waals surface area contributed by atoms with Crippen LogP contribution in [0.3, 0.4) is 0 Å². The second-order valence-corrected chi connectivity index (χ2v) is 9.81. The third-order valence-corrected chi connectivity index (χ3v) is 8.08. The van der Waals surface area contributed by atoms with Gasteiger partial charge in [0, 0.05) is 16.3 Å². The van der Waals surface area contributed by atoms with E-state index in [-0.39, 0.29) is 5.97 Å². The van der Waals surface area contributed by atoms with Crippen molar-refractivity contribution < 1.29 is 9.53 Å². The van der Waals surface area contributed by atoms with Gasteiger partial charge in [0.2, 0.25) is 0 Å². The van der Waals surface area contributed by atoms with Crippen molar-refractivity contribution in [3.05, 3.63) is 90.5 Å². The second kappa shape index (κ2) is 8.31. The zero-order valence-corrected chi connectivity index (χ0v) is 16.2. The molecule has 3 rings (SSSR count). The van der Waals surface area contributed by atoms with Crippen molar-refractivity contribution >= 4 is 40.3 Å². The van der Waals surface area contributed by atoms with Crippen LogP contribution in [0.15, 0.2) is 84.9 Å². The molecule has 1 N–H and O–H groups in total. The van der Waals surface area contributed by atoms with Crippen LogP contribution < -0.4 is 15.7 Å². The van der Waals surface area contributed by atoms with E-state index >= 15 is 0 Å². The maximum absolute atomic E-state index is 11.8. The minimum Gasteiger partial charge on any atom is -0.462 e. The minimum absolute atomic E-state index is 0.315. The van der Waals surface area contributed by atoms with Crippen LogP contribution in [0, 0.1) is 0 Å². The van der Waals surface area contributed by atoms with Crippen molar-refractivity contribution in [2.24, 2.45) is 0 Å². The van der Waals surface area contributed by atoms with E-state index in [1.54, 1.807) is 19.1 Å². The highest BCUT2D eigenvalue weighted by molar-refractivity contribution is 8.22. The molecule has 0 fully saturated rings. The number of rotatable bonds is 6. The fourth-order valence-electron chi connectivity index (χ4n) is 2.63. The Balaban J connectivity index is 1.95. The van der Waals surface area contributed by atoms with E-state index in [4.69, 9.17) is 16.5 Å². The fourth-order valence-corrected chi connectivity index (χ4v) is 5.93. The van der Waals surface area contributed by atoms with Crippen molar-refractivity contribution in [2.75, 3.05) is 11.7 Å². The Labute approximate surface area is 159 Å². The van der Waals surface area contributed by atoms with Crippen LogP contribution in [0.2, 0.25) is 0 Å². The average molecular weight is 381 g/mol. The summed E-state index contributed by atoms with van der Waals surface area (Å²) >= 11 is 6.15. The van der Waals surface area contributed by atoms with E-state index in [0.29, 0.717) is 12.2 Å². The number of hydrogen-bond acceptors (Lipinski definition) is 3. The Bertz CT molecular complexity index is 868. The summed E-state index contributed by atoms with van der Waals surface area (Å²) in [6, 6.07) is 27.5. The van der Waals surface area contributed by atoms with Crippen LogP contribution in [-0.4, -0.2) is 12.6 Å². The first-order chi connectivity index (χ1) is 12.6. The summed E-state index contributed by atoms with van der Waals surface area (Å²) in [5.41, 5.74) is 1.42. The molecule has 0 atom stereocenters. The highest BCUT2D eigenvalue weighted by Gasteiger charge is 2.22. The predicted octanol–water partition coefficient (Wildman–Crippen LogP) is 4.32. The molecule has 0 amide bonds. The maximum Gasteiger partial charge on any atom is 0.338 e. The van der Waals surface area contributed by atoms with E-state index in [0.717, 1.165) is 16.3 Å². The van der Waals surface area contributed by atoms with E-state index < -0.39 is 6.19 Å². The summed E-state index contributed by atoms with van der Waals surface area (Å²) in [5.74, 6) is -0.315. The molecule has 3 aromatic carbocycles. The van der Waals surface area contributed by atoms with E-state index in [1.807, 2.05) is 48.5 Å². The van der Waals surface area contributed by atoms with Gasteiger partial charge in [-0.05, 0) is 31.2 Å². The standard InChI is InChI=1S/C21H20NO2PS/c1-2-24-21(23)17-13-15-18(16-14-17)22-25(26,19-9-5-3-6-10-19)20-11-7-4-8-12-20/h3-16H,2H2,1H3,(H,22,26). The van der Waals surface area contributed by atoms with Gasteiger partial charge in [-0.3, -0.25) is 0 Å². The van der Waals surface area contributed by atoms with Gasteiger partial charge in [0.1, 0.15) is 0 Å². The van der Waals surface area contributed by atoms with E-state index in [1.165, 1.54) is 0 Å². The number of esters is 1. The van der Waals surface area contributed by atoms with E-state index in [2.05, 4.69) is 29.4 Å². The normalized spacial score (nSPS) is 11.0. The number of ether oxygens (including phenoxy) is 1. The lowest BCUT2D eigenvalue weighted by Crippen LogP contribution is -2.21. The Hall–Kier alpha value is -2.42. The molecular weight excluding hydrogens is 361 g/mol. The molecule has 0 radical (unpaired) electrons. The summed E-state index contributed by atoms with van der Waals surface area (Å²) in [4.78, 5) is 11.8. The zero-order valence-electron chi connectivity index (χ0n) is 14.5. The molecule has 0 aliphatic rings. The number of carbonyl (C=O) groups excluding carboxylic acids is 1. The van der Waals surface area contributed by atoms with Crippen LogP contribution >= 0.6 is 6.19 Å². The highest BCUT2D eigenvalue weighted by atomic mass is 32.4. The maximum atomic E-state index is 11.8. The number of anilines is 1. The lowest BCUT2D eigenvalue weighted by Gasteiger charge is -2.25. The molecule has 0 saturated carbocycles. The van der Waals surface area contributed by atoms with Crippen molar-refractivity contribution in [1.29, 1.82) is 0 Å². The molecule has 0 heterocycles. The first-order valence-electron chi connectivity index (χ1n) is 8.40. The molecular formula is C21H20NO2PS. The molecule has 26 heavy (non-hydrogen) atoms. The van der Waals surface area contributed by atoms with Gasteiger partial charge in [-0.2, -0.15) is 0 Å². The average Bonchev–Trinajstić information content (AvgIpc) is 2.70. The Morgan fingerprint density at radius 2 is 1.38 bits per heavy atom. The topological polar surface area (TPSA) is 38.3 Å². The molecule has 0 aromatic heterocycles. The second-order valence-electron chi connectivity index (χ2n) is 5.69. The molecule has 5 heteroatoms. The van der Waals surface area contributed by atoms with Crippen molar-refractivity contribution in [2.45, 2.75) is 6.92 Å². The van der Waals surface area contributed by atoms with Gasteiger partial charge in [0.05, 0.1) is 18.4 Å². The lowest BCUT2D eigenvalue weighted by atomic mass is 10.2. The number of carbonyl (C=O) groups is 1. The van der Waals surface area contributed by atoms with Gasteiger partial charge in [-0.25, -0.2) is 4.79 Å². The summed E-state index contributed by atoms with van der Waals surface area (Å²) in [5, 5.41) is 5.75. The molecule has 0 spiro atoms. The Morgan fingerprint density at radius 1 is 0.885 bits per heavy atom. The number of nitrogens with one attached hydrogen (secondary N) is 1. The monoisotopic (exact) mass is 381 g/mol. The smallest absolute Gasteiger partial charge is 0.338 e. The number of hydrogen-bond donors (Lipinski definition) is 1. The third-order valence-electron chi connectivity index (χ3n) is 3.92. The van der Waals surface area contributed by atoms with Gasteiger partial charge in [0.25, 0.3) is 0 Å². The van der Waals surface area contributed by atoms with Crippen LogP contribution in [0.25, 0.3) is 0 Å². The van der Waals surface area contributed by atoms with E-state index in [9.17, 15) is 4.79 Å². The molecule has 3 nitrogen and oxygen atoms in total. The minimum atomic E-state index is -2.23. The quantitative estimate of drug-likeness (QED) is 0.510. The summed E-state index contributed by atoms with van der Waals surface area (Å²) in [6.45, 7) is 2.16. The number of benzene rings is 3. The first-order valence-corrected chi connectivity index (χ1v) is 11.2. The van der Waals surface area contributed by atoms with Gasteiger partial charge >= 0.3 is 5.97 Å². The molecule has 132 valence electrons. The fraction of sp³-hybridized carbons (Fsp3) is 0.0952. The Morgan fingerprint density at radius 3 is 1.85 bits per heavy atom. The van der Waals surface area contributed by atoms with Crippen molar-refractivity contribution in [3.63, 3.8) is 0 Å². The Kier molecular flexibility index (Phi) is 5.87. The molecule has 0 saturated heterocycles. The van der Waals surface area contributed by atoms with Crippen LogP contribution in [0.5, 0.6) is 0 Å². The molecule has 0 bridgehead atoms. The van der Waals surface area contributed by atoms with Crippen LogP contribution in [0.4, 0.5) is 5.69 Å². The summed E-state index contributed by atoms with van der Waals surface area (Å²) < 4.78 is 5.03. The summed E-state index contributed by atoms with van der Waals surface area (Å²) in [7, 11) is 0. The molecule has 0 aliphatic heterocycles. The molecule has 3 aromatic rings. The zero-order chi connectivity index (χ0) is 18.4. The van der Waals surface area contributed by atoms with Gasteiger partial charge in [0.15, 0.2) is 0 Å². The highest BCUT2D eigenvalue weighted by Crippen LogP contribution is 2.43. The van der Waals surface area contributed by atoms with Gasteiger partial charge in [-0.1, -0.05) is 72.5 Å². The predicted molar refractivity (Wildman–Crippen MR) is 112 cm³/mol. The SMILES string of the molecule is CCOC(=O)c1ccc(NP(=S)(c2ccccc2)c2ccccc2)cc1. The largest absolute Gasteiger partial charge is 0.462 e. The van der Waals surface area contributed by atoms with Gasteiger partial charge in [-0.15, -0.1) is 0 Å². The molecule has 0 aliphatic carbocycles. The third kappa shape index (κ3) is 4.04. The van der Waals surface area contributed by atoms with Gasteiger partial charge < -0.3 is 9.82 Å². The van der Waals surface area contributed by atoms with Crippen LogP contribution in [-0.2, 0) is 16.5 Å². The lowest BCUT2D eigenvalue weighted by molar-refractivity contribution is 0.0526.